The molecule has 1 N–H and O–H groups in total. The standard InChI is InChI=1S/C23H32ClN3O3/c1-15(2)27(22(29)30-23(3,4)5)14-16-7-6-10-26(13-16)21(28)20-12-17-11-18(24)8-9-19(17)25-20/h8-9,11-12,15-16,25H,6-7,10,13-14H2,1-5H3. The van der Waals surface area contributed by atoms with Crippen LogP contribution in [0.4, 0.5) is 4.79 Å². The number of aromatic nitrogens is 1. The highest BCUT2D eigenvalue weighted by Crippen LogP contribution is 2.24. The highest BCUT2D eigenvalue weighted by molar-refractivity contribution is 6.31. The van der Waals surface area contributed by atoms with Gasteiger partial charge in [-0.2, -0.15) is 0 Å². The van der Waals surface area contributed by atoms with Crippen LogP contribution in [0.1, 0.15) is 57.9 Å². The first-order valence-corrected chi connectivity index (χ1v) is 11.0. The van der Waals surface area contributed by atoms with Crippen LogP contribution in [-0.2, 0) is 4.74 Å². The van der Waals surface area contributed by atoms with Gasteiger partial charge in [-0.15, -0.1) is 0 Å². The predicted octanol–water partition coefficient (Wildman–Crippen LogP) is 5.32. The molecule has 0 saturated carbocycles. The fourth-order valence-electron chi connectivity index (χ4n) is 3.88. The number of nitrogens with zero attached hydrogens (tertiary/aromatic N) is 2. The summed E-state index contributed by atoms with van der Waals surface area (Å²) in [7, 11) is 0. The Morgan fingerprint density at radius 2 is 2.03 bits per heavy atom. The normalized spacial score (nSPS) is 17.4. The Bertz CT molecular complexity index is 916. The Morgan fingerprint density at radius 3 is 2.70 bits per heavy atom. The maximum absolute atomic E-state index is 13.1. The monoisotopic (exact) mass is 433 g/mol. The van der Waals surface area contributed by atoms with Crippen molar-refractivity contribution in [1.82, 2.24) is 14.8 Å². The molecule has 2 amide bonds. The molecule has 6 nitrogen and oxygen atoms in total. The number of aromatic amines is 1. The maximum atomic E-state index is 13.1. The number of ether oxygens (including phenoxy) is 1. The van der Waals surface area contributed by atoms with E-state index in [9.17, 15) is 9.59 Å². The van der Waals surface area contributed by atoms with Crippen molar-refractivity contribution in [2.75, 3.05) is 19.6 Å². The minimum absolute atomic E-state index is 0.0135. The van der Waals surface area contributed by atoms with Crippen LogP contribution >= 0.6 is 11.6 Å². The van der Waals surface area contributed by atoms with E-state index in [1.165, 1.54) is 0 Å². The van der Waals surface area contributed by atoms with Gasteiger partial charge in [0.1, 0.15) is 11.3 Å². The Balaban J connectivity index is 1.68. The maximum Gasteiger partial charge on any atom is 0.410 e. The van der Waals surface area contributed by atoms with Gasteiger partial charge in [0, 0.05) is 41.6 Å². The summed E-state index contributed by atoms with van der Waals surface area (Å²) in [5, 5.41) is 1.57. The summed E-state index contributed by atoms with van der Waals surface area (Å²) in [4.78, 5) is 32.6. The molecule has 0 aliphatic carbocycles. The number of hydrogen-bond donors (Lipinski definition) is 1. The van der Waals surface area contributed by atoms with Gasteiger partial charge in [-0.1, -0.05) is 11.6 Å². The number of carbonyl (C=O) groups is 2. The van der Waals surface area contributed by atoms with Gasteiger partial charge in [0.15, 0.2) is 0 Å². The van der Waals surface area contributed by atoms with Crippen molar-refractivity contribution in [2.45, 2.75) is 59.1 Å². The zero-order valence-electron chi connectivity index (χ0n) is 18.5. The molecule has 1 aliphatic rings. The predicted molar refractivity (Wildman–Crippen MR) is 120 cm³/mol. The van der Waals surface area contributed by atoms with E-state index >= 15 is 0 Å². The summed E-state index contributed by atoms with van der Waals surface area (Å²) in [6, 6.07) is 7.43. The topological polar surface area (TPSA) is 65.6 Å². The first kappa shape index (κ1) is 22.5. The number of rotatable bonds is 4. The van der Waals surface area contributed by atoms with E-state index in [1.54, 1.807) is 4.90 Å². The molecular formula is C23H32ClN3O3. The van der Waals surface area contributed by atoms with Crippen LogP contribution in [0.25, 0.3) is 10.9 Å². The third kappa shape index (κ3) is 5.48. The van der Waals surface area contributed by atoms with E-state index in [1.807, 2.05) is 63.8 Å². The van der Waals surface area contributed by atoms with Crippen LogP contribution in [0.2, 0.25) is 5.02 Å². The zero-order valence-corrected chi connectivity index (χ0v) is 19.3. The molecule has 7 heteroatoms. The number of H-pyrrole nitrogens is 1. The highest BCUT2D eigenvalue weighted by atomic mass is 35.5. The summed E-state index contributed by atoms with van der Waals surface area (Å²) in [5.41, 5.74) is 0.935. The smallest absolute Gasteiger partial charge is 0.410 e. The number of nitrogens with one attached hydrogen (secondary N) is 1. The van der Waals surface area contributed by atoms with Crippen LogP contribution in [0.5, 0.6) is 0 Å². The molecule has 2 aromatic rings. The van der Waals surface area contributed by atoms with Crippen LogP contribution in [0.3, 0.4) is 0 Å². The van der Waals surface area contributed by atoms with E-state index in [-0.39, 0.29) is 24.0 Å². The first-order valence-electron chi connectivity index (χ1n) is 10.6. The molecule has 1 aromatic heterocycles. The number of fused-ring (bicyclic) bond motifs is 1. The molecular weight excluding hydrogens is 402 g/mol. The van der Waals surface area contributed by atoms with Crippen LogP contribution in [0, 0.1) is 5.92 Å². The van der Waals surface area contributed by atoms with Crippen molar-refractivity contribution in [2.24, 2.45) is 5.92 Å². The van der Waals surface area contributed by atoms with Crippen molar-refractivity contribution >= 4 is 34.5 Å². The summed E-state index contributed by atoms with van der Waals surface area (Å²) in [5.74, 6) is 0.205. The molecule has 0 bridgehead atoms. The highest BCUT2D eigenvalue weighted by Gasteiger charge is 2.30. The van der Waals surface area contributed by atoms with Gasteiger partial charge in [0.2, 0.25) is 0 Å². The molecule has 1 aliphatic heterocycles. The van der Waals surface area contributed by atoms with Crippen molar-refractivity contribution < 1.29 is 14.3 Å². The molecule has 1 unspecified atom stereocenters. The number of carbonyl (C=O) groups excluding carboxylic acids is 2. The Hall–Kier alpha value is -2.21. The van der Waals surface area contributed by atoms with E-state index in [4.69, 9.17) is 16.3 Å². The zero-order chi connectivity index (χ0) is 22.1. The second-order valence-electron chi connectivity index (χ2n) is 9.40. The molecule has 164 valence electrons. The number of hydrogen-bond acceptors (Lipinski definition) is 3. The Morgan fingerprint density at radius 1 is 1.30 bits per heavy atom. The van der Waals surface area contributed by atoms with Gasteiger partial charge < -0.3 is 19.5 Å². The molecule has 3 rings (SSSR count). The second kappa shape index (κ2) is 8.88. The fourth-order valence-corrected chi connectivity index (χ4v) is 4.06. The number of halogens is 1. The summed E-state index contributed by atoms with van der Waals surface area (Å²) in [6.45, 7) is 11.5. The largest absolute Gasteiger partial charge is 0.444 e. The van der Waals surface area contributed by atoms with Gasteiger partial charge in [-0.3, -0.25) is 4.79 Å². The van der Waals surface area contributed by atoms with Crippen molar-refractivity contribution in [3.63, 3.8) is 0 Å². The molecule has 2 heterocycles. The van der Waals surface area contributed by atoms with Gasteiger partial charge in [0.25, 0.3) is 5.91 Å². The number of benzene rings is 1. The fraction of sp³-hybridized carbons (Fsp3) is 0.565. The molecule has 1 saturated heterocycles. The lowest BCUT2D eigenvalue weighted by atomic mass is 9.96. The van der Waals surface area contributed by atoms with E-state index < -0.39 is 5.60 Å². The molecule has 1 atom stereocenters. The molecule has 0 spiro atoms. The Kier molecular flexibility index (Phi) is 6.65. The number of piperidine rings is 1. The molecule has 0 radical (unpaired) electrons. The van der Waals surface area contributed by atoms with Crippen LogP contribution in [-0.4, -0.2) is 58.1 Å². The number of likely N-dealkylation sites (tertiary alicyclic amines) is 1. The van der Waals surface area contributed by atoms with Gasteiger partial charge >= 0.3 is 6.09 Å². The van der Waals surface area contributed by atoms with Crippen LogP contribution < -0.4 is 0 Å². The lowest BCUT2D eigenvalue weighted by Crippen LogP contribution is -2.48. The Labute approximate surface area is 183 Å². The van der Waals surface area contributed by atoms with E-state index in [0.29, 0.717) is 23.8 Å². The molecule has 30 heavy (non-hydrogen) atoms. The summed E-state index contributed by atoms with van der Waals surface area (Å²) < 4.78 is 5.58. The third-order valence-electron chi connectivity index (χ3n) is 5.33. The minimum Gasteiger partial charge on any atom is -0.444 e. The lowest BCUT2D eigenvalue weighted by Gasteiger charge is -2.37. The quantitative estimate of drug-likeness (QED) is 0.709. The average Bonchev–Trinajstić information content (AvgIpc) is 3.07. The van der Waals surface area contributed by atoms with Gasteiger partial charge in [-0.25, -0.2) is 4.79 Å². The van der Waals surface area contributed by atoms with Gasteiger partial charge in [0.05, 0.1) is 0 Å². The van der Waals surface area contributed by atoms with Crippen LogP contribution in [0.15, 0.2) is 24.3 Å². The second-order valence-corrected chi connectivity index (χ2v) is 9.84. The minimum atomic E-state index is -0.530. The van der Waals surface area contributed by atoms with Crippen molar-refractivity contribution in [1.29, 1.82) is 0 Å². The third-order valence-corrected chi connectivity index (χ3v) is 5.56. The van der Waals surface area contributed by atoms with E-state index in [2.05, 4.69) is 4.98 Å². The summed E-state index contributed by atoms with van der Waals surface area (Å²) >= 11 is 6.06. The number of amides is 2. The lowest BCUT2D eigenvalue weighted by molar-refractivity contribution is 0.0123. The van der Waals surface area contributed by atoms with Gasteiger partial charge in [-0.05, 0) is 77.6 Å². The summed E-state index contributed by atoms with van der Waals surface area (Å²) in [6.07, 6.45) is 1.61. The molecule has 1 fully saturated rings. The van der Waals surface area contributed by atoms with Crippen molar-refractivity contribution in [3.05, 3.63) is 35.0 Å². The van der Waals surface area contributed by atoms with E-state index in [0.717, 1.165) is 30.3 Å². The molecule has 1 aromatic carbocycles. The SMILES string of the molecule is CC(C)N(CC1CCCN(C(=O)c2cc3cc(Cl)ccc3[nH]2)C1)C(=O)OC(C)(C)C. The van der Waals surface area contributed by atoms with Crippen molar-refractivity contribution in [3.8, 4) is 0 Å². The average molecular weight is 434 g/mol. The first-order chi connectivity index (χ1) is 14.0.